The lowest BCUT2D eigenvalue weighted by Gasteiger charge is -2.20. The first kappa shape index (κ1) is 20.6. The number of para-hydroxylation sites is 1. The maximum atomic E-state index is 13.0. The molecule has 1 aliphatic rings. The van der Waals surface area contributed by atoms with Crippen LogP contribution in [0.4, 0.5) is 0 Å². The van der Waals surface area contributed by atoms with E-state index >= 15 is 0 Å². The molecule has 0 aromatic heterocycles. The van der Waals surface area contributed by atoms with Crippen LogP contribution >= 0.6 is 0 Å². The van der Waals surface area contributed by atoms with Gasteiger partial charge in [0.15, 0.2) is 11.5 Å². The number of carbonyl (C=O) groups excluding carboxylic acids is 2. The van der Waals surface area contributed by atoms with E-state index in [0.717, 1.165) is 0 Å². The van der Waals surface area contributed by atoms with Crippen LogP contribution in [0, 0.1) is 5.92 Å². The molecule has 2 rings (SSSR count). The van der Waals surface area contributed by atoms with Crippen molar-refractivity contribution in [2.75, 3.05) is 19.8 Å². The van der Waals surface area contributed by atoms with Gasteiger partial charge in [0.2, 0.25) is 0 Å². The van der Waals surface area contributed by atoms with Crippen molar-refractivity contribution >= 4 is 18.0 Å². The molecule has 0 saturated heterocycles. The van der Waals surface area contributed by atoms with Gasteiger partial charge in [-0.1, -0.05) is 26.0 Å². The molecule has 0 radical (unpaired) electrons. The van der Waals surface area contributed by atoms with E-state index in [9.17, 15) is 14.7 Å². The molecule has 0 saturated carbocycles. The lowest BCUT2D eigenvalue weighted by atomic mass is 10.0. The van der Waals surface area contributed by atoms with E-state index in [1.165, 1.54) is 6.08 Å². The predicted octanol–water partition coefficient (Wildman–Crippen LogP) is 3.51. The molecule has 146 valence electrons. The van der Waals surface area contributed by atoms with Crippen LogP contribution < -0.4 is 4.74 Å². The number of amides is 1. The zero-order valence-electron chi connectivity index (χ0n) is 16.5. The maximum Gasteiger partial charge on any atom is 0.340 e. The number of nitrogens with zero attached hydrogens (tertiary/aromatic N) is 1. The number of esters is 1. The van der Waals surface area contributed by atoms with E-state index in [2.05, 4.69) is 0 Å². The zero-order chi connectivity index (χ0) is 20.1. The molecule has 1 amide bonds. The number of hydrogen-bond acceptors (Lipinski definition) is 5. The van der Waals surface area contributed by atoms with Crippen molar-refractivity contribution in [2.24, 2.45) is 5.92 Å². The van der Waals surface area contributed by atoms with Crippen molar-refractivity contribution in [1.29, 1.82) is 0 Å². The molecule has 6 heteroatoms. The molecule has 1 N–H and O–H groups in total. The molecule has 0 spiro atoms. The second-order valence-electron chi connectivity index (χ2n) is 6.68. The molecule has 0 atom stereocenters. The molecular weight excluding hydrogens is 346 g/mol. The van der Waals surface area contributed by atoms with Gasteiger partial charge in [-0.3, -0.25) is 4.79 Å². The number of ether oxygens (including phenoxy) is 2. The van der Waals surface area contributed by atoms with Crippen LogP contribution in [-0.4, -0.2) is 41.6 Å². The van der Waals surface area contributed by atoms with Crippen molar-refractivity contribution in [3.8, 4) is 11.5 Å². The number of allylic oxidation sites excluding steroid dienone is 1. The summed E-state index contributed by atoms with van der Waals surface area (Å²) in [5.41, 5.74) is 1.43. The quantitative estimate of drug-likeness (QED) is 0.585. The van der Waals surface area contributed by atoms with E-state index in [4.69, 9.17) is 9.47 Å². The Bertz CT molecular complexity index is 792. The largest absolute Gasteiger partial charge is 0.504 e. The van der Waals surface area contributed by atoms with Crippen molar-refractivity contribution in [1.82, 2.24) is 4.90 Å². The second kappa shape index (κ2) is 8.75. The Morgan fingerprint density at radius 3 is 2.56 bits per heavy atom. The maximum absolute atomic E-state index is 13.0. The number of phenols is 1. The average molecular weight is 373 g/mol. The van der Waals surface area contributed by atoms with Crippen LogP contribution in [-0.2, 0) is 14.3 Å². The van der Waals surface area contributed by atoms with Gasteiger partial charge in [0.05, 0.1) is 24.4 Å². The Morgan fingerprint density at radius 2 is 1.96 bits per heavy atom. The smallest absolute Gasteiger partial charge is 0.340 e. The Balaban J connectivity index is 2.55. The molecule has 0 fully saturated rings. The fourth-order valence-electron chi connectivity index (χ4n) is 3.00. The fraction of sp³-hybridized carbons (Fsp3) is 0.429. The van der Waals surface area contributed by atoms with Crippen molar-refractivity contribution in [2.45, 2.75) is 34.6 Å². The summed E-state index contributed by atoms with van der Waals surface area (Å²) < 4.78 is 10.6. The predicted molar refractivity (Wildman–Crippen MR) is 103 cm³/mol. The third-order valence-electron chi connectivity index (χ3n) is 4.17. The second-order valence-corrected chi connectivity index (χ2v) is 6.68. The minimum absolute atomic E-state index is 0.0668. The van der Waals surface area contributed by atoms with Crippen LogP contribution in [0.15, 0.2) is 35.0 Å². The third-order valence-corrected chi connectivity index (χ3v) is 4.17. The monoisotopic (exact) mass is 373 g/mol. The molecule has 0 unspecified atom stereocenters. The van der Waals surface area contributed by atoms with Gasteiger partial charge in [0, 0.05) is 17.8 Å². The minimum Gasteiger partial charge on any atom is -0.504 e. The van der Waals surface area contributed by atoms with Gasteiger partial charge in [0.1, 0.15) is 0 Å². The average Bonchev–Trinajstić information content (AvgIpc) is 2.83. The number of rotatable bonds is 7. The summed E-state index contributed by atoms with van der Waals surface area (Å²) in [6.07, 6.45) is 1.52. The number of benzene rings is 1. The van der Waals surface area contributed by atoms with Gasteiger partial charge in [-0.05, 0) is 38.8 Å². The lowest BCUT2D eigenvalue weighted by molar-refractivity contribution is -0.138. The Morgan fingerprint density at radius 1 is 1.26 bits per heavy atom. The third kappa shape index (κ3) is 4.32. The zero-order valence-corrected chi connectivity index (χ0v) is 16.5. The normalized spacial score (nSPS) is 15.9. The summed E-state index contributed by atoms with van der Waals surface area (Å²) in [6.45, 7) is 10.4. The summed E-state index contributed by atoms with van der Waals surface area (Å²) in [7, 11) is 0. The molecule has 1 aromatic carbocycles. The summed E-state index contributed by atoms with van der Waals surface area (Å²) in [5, 5.41) is 10.4. The SMILES string of the molecule is CCOC(=O)C1=C(C)N(CC(C)C)C(=O)/C1=C\c1cccc(OCC)c1O. The number of phenolic OH excluding ortho intramolecular Hbond substituents is 1. The van der Waals surface area contributed by atoms with Gasteiger partial charge in [-0.15, -0.1) is 0 Å². The van der Waals surface area contributed by atoms with Gasteiger partial charge in [-0.2, -0.15) is 0 Å². The van der Waals surface area contributed by atoms with Gasteiger partial charge in [0.25, 0.3) is 5.91 Å². The van der Waals surface area contributed by atoms with Crippen LogP contribution in [0.1, 0.15) is 40.2 Å². The molecule has 1 heterocycles. The molecule has 6 nitrogen and oxygen atoms in total. The fourth-order valence-corrected chi connectivity index (χ4v) is 3.00. The number of carbonyl (C=O) groups is 2. The molecular formula is C21H27NO5. The molecule has 0 aliphatic carbocycles. The van der Waals surface area contributed by atoms with E-state index in [0.29, 0.717) is 30.2 Å². The number of aromatic hydroxyl groups is 1. The van der Waals surface area contributed by atoms with Gasteiger partial charge >= 0.3 is 5.97 Å². The number of hydrogen-bond donors (Lipinski definition) is 1. The Kier molecular flexibility index (Phi) is 6.66. The van der Waals surface area contributed by atoms with Gasteiger partial charge in [-0.25, -0.2) is 4.79 Å². The van der Waals surface area contributed by atoms with Gasteiger partial charge < -0.3 is 19.5 Å². The van der Waals surface area contributed by atoms with Crippen LogP contribution in [0.3, 0.4) is 0 Å². The van der Waals surface area contributed by atoms with Crippen LogP contribution in [0.5, 0.6) is 11.5 Å². The molecule has 1 aromatic rings. The van der Waals surface area contributed by atoms with Crippen molar-refractivity contribution in [3.05, 3.63) is 40.6 Å². The van der Waals surface area contributed by atoms with E-state index in [-0.39, 0.29) is 35.3 Å². The van der Waals surface area contributed by atoms with Crippen molar-refractivity contribution < 1.29 is 24.2 Å². The summed E-state index contributed by atoms with van der Waals surface area (Å²) in [4.78, 5) is 27.1. The topological polar surface area (TPSA) is 76.1 Å². The highest BCUT2D eigenvalue weighted by atomic mass is 16.5. The van der Waals surface area contributed by atoms with E-state index < -0.39 is 5.97 Å². The summed E-state index contributed by atoms with van der Waals surface area (Å²) in [6, 6.07) is 5.04. The highest BCUT2D eigenvalue weighted by Gasteiger charge is 2.37. The molecule has 0 bridgehead atoms. The Labute approximate surface area is 160 Å². The first-order valence-electron chi connectivity index (χ1n) is 9.18. The summed E-state index contributed by atoms with van der Waals surface area (Å²) >= 11 is 0. The van der Waals surface area contributed by atoms with Crippen LogP contribution in [0.2, 0.25) is 0 Å². The van der Waals surface area contributed by atoms with E-state index in [1.54, 1.807) is 36.9 Å². The van der Waals surface area contributed by atoms with Crippen molar-refractivity contribution in [3.63, 3.8) is 0 Å². The van der Waals surface area contributed by atoms with Crippen LogP contribution in [0.25, 0.3) is 6.08 Å². The highest BCUT2D eigenvalue weighted by Crippen LogP contribution is 2.36. The standard InChI is InChI=1S/C21H27NO5/c1-6-26-17-10-8-9-15(19(17)23)11-16-18(21(25)27-7-2)14(5)22(20(16)24)12-13(3)4/h8-11,13,23H,6-7,12H2,1-5H3/b16-11-. The first-order valence-corrected chi connectivity index (χ1v) is 9.18. The Hall–Kier alpha value is -2.76. The highest BCUT2D eigenvalue weighted by molar-refractivity contribution is 6.16. The minimum atomic E-state index is -0.540. The summed E-state index contributed by atoms with van der Waals surface area (Å²) in [5.74, 6) is -0.314. The molecule has 27 heavy (non-hydrogen) atoms. The first-order chi connectivity index (χ1) is 12.8. The lowest BCUT2D eigenvalue weighted by Crippen LogP contribution is -2.28. The molecule has 1 aliphatic heterocycles. The van der Waals surface area contributed by atoms with E-state index in [1.807, 2.05) is 20.8 Å².